The highest BCUT2D eigenvalue weighted by atomic mass is 16.5. The minimum Gasteiger partial charge on any atom is -0.464 e. The van der Waals surface area contributed by atoms with Gasteiger partial charge in [-0.15, -0.1) is 0 Å². The van der Waals surface area contributed by atoms with Crippen LogP contribution in [-0.4, -0.2) is 61.8 Å². The average Bonchev–Trinajstić information content (AvgIpc) is 3.19. The van der Waals surface area contributed by atoms with Gasteiger partial charge in [-0.3, -0.25) is 19.5 Å². The molecule has 8 nitrogen and oxygen atoms in total. The zero-order valence-electron chi connectivity index (χ0n) is 22.2. The predicted molar refractivity (Wildman–Crippen MR) is 137 cm³/mol. The number of furan rings is 1. The molecule has 2 amide bonds. The maximum absolute atomic E-state index is 13.1. The van der Waals surface area contributed by atoms with Crippen LogP contribution in [-0.2, 0) is 16.1 Å². The number of allylic oxidation sites excluding steroid dienone is 1. The number of morpholine rings is 1. The summed E-state index contributed by atoms with van der Waals surface area (Å²) in [6.07, 6.45) is 5.84. The number of ether oxygens (including phenoxy) is 1. The van der Waals surface area contributed by atoms with Gasteiger partial charge in [0, 0.05) is 26.2 Å². The van der Waals surface area contributed by atoms with Crippen molar-refractivity contribution in [3.63, 3.8) is 0 Å². The van der Waals surface area contributed by atoms with E-state index in [2.05, 4.69) is 41.3 Å². The van der Waals surface area contributed by atoms with Gasteiger partial charge in [-0.2, -0.15) is 0 Å². The number of hydrogen-bond donors (Lipinski definition) is 2. The fourth-order valence-corrected chi connectivity index (χ4v) is 4.99. The smallest absolute Gasteiger partial charge is 0.271 e. The minimum atomic E-state index is -0.313. The molecular weight excluding hydrogens is 444 g/mol. The molecule has 0 unspecified atom stereocenters. The summed E-state index contributed by atoms with van der Waals surface area (Å²) in [5.41, 5.74) is 1.38. The molecule has 0 spiro atoms. The molecule has 194 valence electrons. The standard InChI is InChI=1S/C27H42N4O4/c1-7-23(24(28-6)26(33)29-20-10-8-19(9-11-20)27(3,4)5)30-25(32)22-16-21(35-18(22)2)17-31-12-14-34-15-13-31/h7,16,19-20H,8-15,17H2,1-6H3,(H,29,33)(H,30,32)/b23-7+,28-24?. The molecule has 2 fully saturated rings. The van der Waals surface area contributed by atoms with E-state index in [1.807, 2.05) is 0 Å². The third-order valence-corrected chi connectivity index (χ3v) is 7.21. The highest BCUT2D eigenvalue weighted by Crippen LogP contribution is 2.37. The molecule has 1 saturated carbocycles. The number of hydrogen-bond acceptors (Lipinski definition) is 6. The number of rotatable bonds is 7. The van der Waals surface area contributed by atoms with Gasteiger partial charge in [0.2, 0.25) is 0 Å². The molecule has 1 aliphatic heterocycles. The Morgan fingerprint density at radius 2 is 1.83 bits per heavy atom. The lowest BCUT2D eigenvalue weighted by Gasteiger charge is -2.37. The lowest BCUT2D eigenvalue weighted by molar-refractivity contribution is -0.115. The van der Waals surface area contributed by atoms with Gasteiger partial charge >= 0.3 is 0 Å². The van der Waals surface area contributed by atoms with Crippen LogP contribution in [0.4, 0.5) is 0 Å². The van der Waals surface area contributed by atoms with Crippen molar-refractivity contribution >= 4 is 17.5 Å². The number of aryl methyl sites for hydroxylation is 1. The van der Waals surface area contributed by atoms with Gasteiger partial charge < -0.3 is 19.8 Å². The molecule has 3 rings (SSSR count). The lowest BCUT2D eigenvalue weighted by Crippen LogP contribution is -2.44. The van der Waals surface area contributed by atoms with Gasteiger partial charge in [0.05, 0.1) is 31.0 Å². The summed E-state index contributed by atoms with van der Waals surface area (Å²) in [6.45, 7) is 14.1. The number of carbonyl (C=O) groups excluding carboxylic acids is 2. The summed E-state index contributed by atoms with van der Waals surface area (Å²) < 4.78 is 11.2. The SMILES string of the molecule is C/C=C(/NC(=O)c1cc(CN2CCOCC2)oc1C)C(=NC)C(=O)NC1CCC(C(C)(C)C)CC1. The first-order valence-corrected chi connectivity index (χ1v) is 12.8. The van der Waals surface area contributed by atoms with E-state index < -0.39 is 0 Å². The van der Waals surface area contributed by atoms with E-state index in [-0.39, 0.29) is 23.6 Å². The quantitative estimate of drug-likeness (QED) is 0.571. The van der Waals surface area contributed by atoms with E-state index in [4.69, 9.17) is 9.15 Å². The first-order valence-electron chi connectivity index (χ1n) is 12.8. The van der Waals surface area contributed by atoms with Gasteiger partial charge in [0.25, 0.3) is 11.8 Å². The van der Waals surface area contributed by atoms with Crippen LogP contribution in [0.25, 0.3) is 0 Å². The predicted octanol–water partition coefficient (Wildman–Crippen LogP) is 3.85. The molecule has 8 heteroatoms. The van der Waals surface area contributed by atoms with Crippen LogP contribution in [0.5, 0.6) is 0 Å². The summed E-state index contributed by atoms with van der Waals surface area (Å²) in [5, 5.41) is 6.01. The molecular formula is C27H42N4O4. The molecule has 1 aromatic heterocycles. The second kappa shape index (κ2) is 12.0. The normalized spacial score (nSPS) is 22.7. The van der Waals surface area contributed by atoms with E-state index in [0.29, 0.717) is 48.1 Å². The van der Waals surface area contributed by atoms with Gasteiger partial charge in [0.15, 0.2) is 0 Å². The minimum absolute atomic E-state index is 0.130. The van der Waals surface area contributed by atoms with E-state index in [0.717, 1.165) is 44.5 Å². The molecule has 0 radical (unpaired) electrons. The van der Waals surface area contributed by atoms with Gasteiger partial charge in [0.1, 0.15) is 17.2 Å². The second-order valence-corrected chi connectivity index (χ2v) is 10.7. The van der Waals surface area contributed by atoms with Crippen molar-refractivity contribution in [1.29, 1.82) is 0 Å². The second-order valence-electron chi connectivity index (χ2n) is 10.7. The molecule has 2 aliphatic rings. The van der Waals surface area contributed by atoms with Crippen molar-refractivity contribution in [3.8, 4) is 0 Å². The van der Waals surface area contributed by atoms with Gasteiger partial charge in [-0.25, -0.2) is 0 Å². The zero-order chi connectivity index (χ0) is 25.6. The Balaban J connectivity index is 1.59. The van der Waals surface area contributed by atoms with Crippen LogP contribution < -0.4 is 10.6 Å². The first kappa shape index (κ1) is 27.1. The summed E-state index contributed by atoms with van der Waals surface area (Å²) in [5.74, 6) is 1.40. The Morgan fingerprint density at radius 1 is 1.17 bits per heavy atom. The molecule has 2 N–H and O–H groups in total. The maximum Gasteiger partial charge on any atom is 0.271 e. The van der Waals surface area contributed by atoms with Crippen LogP contribution in [0.1, 0.15) is 75.3 Å². The molecule has 1 aliphatic carbocycles. The topological polar surface area (TPSA) is 96.2 Å². The van der Waals surface area contributed by atoms with Crippen LogP contribution in [0.2, 0.25) is 0 Å². The largest absolute Gasteiger partial charge is 0.464 e. The molecule has 35 heavy (non-hydrogen) atoms. The highest BCUT2D eigenvalue weighted by molar-refractivity contribution is 6.45. The molecule has 2 heterocycles. The van der Waals surface area contributed by atoms with Gasteiger partial charge in [-0.1, -0.05) is 26.8 Å². The molecule has 0 bridgehead atoms. The Labute approximate surface area is 209 Å². The number of nitrogens with one attached hydrogen (secondary N) is 2. The monoisotopic (exact) mass is 486 g/mol. The van der Waals surface area contributed by atoms with Crippen molar-refractivity contribution in [2.75, 3.05) is 33.4 Å². The highest BCUT2D eigenvalue weighted by Gasteiger charge is 2.31. The summed E-state index contributed by atoms with van der Waals surface area (Å²) in [7, 11) is 1.57. The Bertz CT molecular complexity index is 943. The average molecular weight is 487 g/mol. The van der Waals surface area contributed by atoms with Crippen LogP contribution in [0, 0.1) is 18.3 Å². The van der Waals surface area contributed by atoms with Gasteiger partial charge in [-0.05, 0) is 56.9 Å². The Hall–Kier alpha value is -2.45. The van der Waals surface area contributed by atoms with Crippen molar-refractivity contribution in [2.24, 2.45) is 16.3 Å². The van der Waals surface area contributed by atoms with Crippen LogP contribution in [0.3, 0.4) is 0 Å². The molecule has 0 aromatic carbocycles. The molecule has 1 aromatic rings. The summed E-state index contributed by atoms with van der Waals surface area (Å²) in [6, 6.07) is 1.91. The fourth-order valence-electron chi connectivity index (χ4n) is 4.99. The third kappa shape index (κ3) is 7.27. The van der Waals surface area contributed by atoms with E-state index in [1.54, 1.807) is 33.0 Å². The van der Waals surface area contributed by atoms with E-state index in [9.17, 15) is 9.59 Å². The zero-order valence-corrected chi connectivity index (χ0v) is 22.2. The van der Waals surface area contributed by atoms with Crippen molar-refractivity contribution in [1.82, 2.24) is 15.5 Å². The van der Waals surface area contributed by atoms with Crippen LogP contribution >= 0.6 is 0 Å². The van der Waals surface area contributed by atoms with E-state index >= 15 is 0 Å². The van der Waals surface area contributed by atoms with Crippen molar-refractivity contribution in [2.45, 2.75) is 72.9 Å². The number of nitrogens with zero attached hydrogens (tertiary/aromatic N) is 2. The third-order valence-electron chi connectivity index (χ3n) is 7.21. The lowest BCUT2D eigenvalue weighted by atomic mass is 9.71. The van der Waals surface area contributed by atoms with E-state index in [1.165, 1.54) is 0 Å². The Morgan fingerprint density at radius 3 is 2.40 bits per heavy atom. The number of aliphatic imine (C=N–C) groups is 1. The Kier molecular flexibility index (Phi) is 9.30. The van der Waals surface area contributed by atoms with Crippen molar-refractivity contribution < 1.29 is 18.7 Å². The number of carbonyl (C=O) groups is 2. The maximum atomic E-state index is 13.1. The first-order chi connectivity index (χ1) is 16.6. The molecule has 0 atom stereocenters. The van der Waals surface area contributed by atoms with Crippen molar-refractivity contribution in [3.05, 3.63) is 34.9 Å². The fraction of sp³-hybridized carbons (Fsp3) is 0.667. The number of amides is 2. The summed E-state index contributed by atoms with van der Waals surface area (Å²) in [4.78, 5) is 32.6. The van der Waals surface area contributed by atoms with Crippen LogP contribution in [0.15, 0.2) is 27.2 Å². The summed E-state index contributed by atoms with van der Waals surface area (Å²) >= 11 is 0. The molecule has 1 saturated heterocycles.